The molecule has 0 aliphatic carbocycles. The Labute approximate surface area is 158 Å². The first-order valence-corrected chi connectivity index (χ1v) is 9.13. The van der Waals surface area contributed by atoms with E-state index in [1.165, 1.54) is 11.1 Å². The van der Waals surface area contributed by atoms with Crippen molar-refractivity contribution in [3.8, 4) is 5.75 Å². The molecule has 2 rings (SSSR count). The summed E-state index contributed by atoms with van der Waals surface area (Å²) in [5.74, 6) is 1.54. The highest BCUT2D eigenvalue weighted by Crippen LogP contribution is 2.24. The van der Waals surface area contributed by atoms with Crippen LogP contribution in [0, 0.1) is 12.8 Å². The summed E-state index contributed by atoms with van der Waals surface area (Å²) in [5, 5.41) is 0. The number of halogens is 1. The molecule has 0 atom stereocenters. The number of piperidine rings is 1. The Balaban J connectivity index is 0.00000312. The molecule has 1 aromatic carbocycles. The first kappa shape index (κ1) is 21.8. The maximum absolute atomic E-state index is 11.8. The van der Waals surface area contributed by atoms with Crippen molar-refractivity contribution in [1.29, 1.82) is 0 Å². The molecule has 0 radical (unpaired) electrons. The standard InChI is InChI=1S/C20H31NO3.ClH/c1-5-23-20(22)17-8-10-21(11-9-17)12-13-24-19-14-18(15(2)3)7-6-16(19)4;/h6-7,14-15,17H,5,8-13H2,1-4H3;1H. The Bertz CT molecular complexity index is 540. The second kappa shape index (κ2) is 10.7. The van der Waals surface area contributed by atoms with Gasteiger partial charge in [-0.15, -0.1) is 12.4 Å². The average molecular weight is 370 g/mol. The minimum absolute atomic E-state index is 0. The molecule has 1 heterocycles. The number of hydrogen-bond donors (Lipinski definition) is 0. The van der Waals surface area contributed by atoms with E-state index in [-0.39, 0.29) is 24.3 Å². The molecule has 1 aliphatic heterocycles. The summed E-state index contributed by atoms with van der Waals surface area (Å²) in [5.41, 5.74) is 2.49. The number of aryl methyl sites for hydroxylation is 1. The SMILES string of the molecule is CCOC(=O)C1CCN(CCOc2cc(C(C)C)ccc2C)CC1.Cl. The van der Waals surface area contributed by atoms with Gasteiger partial charge in [-0.25, -0.2) is 0 Å². The maximum atomic E-state index is 11.8. The lowest BCUT2D eigenvalue weighted by molar-refractivity contribution is -0.149. The predicted molar refractivity (Wildman–Crippen MR) is 104 cm³/mol. The van der Waals surface area contributed by atoms with Crippen LogP contribution in [0.5, 0.6) is 5.75 Å². The second-order valence-electron chi connectivity index (χ2n) is 6.90. The highest BCUT2D eigenvalue weighted by Gasteiger charge is 2.25. The lowest BCUT2D eigenvalue weighted by Gasteiger charge is -2.30. The third-order valence-electron chi connectivity index (χ3n) is 4.75. The number of likely N-dealkylation sites (tertiary alicyclic amines) is 1. The lowest BCUT2D eigenvalue weighted by Crippen LogP contribution is -2.39. The Hall–Kier alpha value is -1.26. The molecule has 5 heteroatoms. The molecule has 25 heavy (non-hydrogen) atoms. The monoisotopic (exact) mass is 369 g/mol. The van der Waals surface area contributed by atoms with Gasteiger partial charge in [0.1, 0.15) is 12.4 Å². The molecule has 1 aromatic rings. The van der Waals surface area contributed by atoms with Crippen LogP contribution in [-0.4, -0.2) is 43.7 Å². The van der Waals surface area contributed by atoms with Gasteiger partial charge in [0.25, 0.3) is 0 Å². The van der Waals surface area contributed by atoms with Crippen molar-refractivity contribution in [3.05, 3.63) is 29.3 Å². The van der Waals surface area contributed by atoms with Crippen molar-refractivity contribution in [1.82, 2.24) is 4.90 Å². The largest absolute Gasteiger partial charge is 0.492 e. The number of benzene rings is 1. The van der Waals surface area contributed by atoms with Gasteiger partial charge in [0.15, 0.2) is 0 Å². The van der Waals surface area contributed by atoms with E-state index in [1.807, 2.05) is 6.92 Å². The van der Waals surface area contributed by atoms with Gasteiger partial charge in [-0.05, 0) is 62.9 Å². The Morgan fingerprint density at radius 1 is 1.28 bits per heavy atom. The summed E-state index contributed by atoms with van der Waals surface area (Å²) in [6.45, 7) is 12.3. The van der Waals surface area contributed by atoms with Gasteiger partial charge in [0, 0.05) is 6.54 Å². The molecule has 0 spiro atoms. The molecule has 0 aromatic heterocycles. The molecule has 1 saturated heterocycles. The highest BCUT2D eigenvalue weighted by molar-refractivity contribution is 5.85. The number of ether oxygens (including phenoxy) is 2. The maximum Gasteiger partial charge on any atom is 0.309 e. The van der Waals surface area contributed by atoms with Crippen LogP contribution in [0.25, 0.3) is 0 Å². The fourth-order valence-corrected chi connectivity index (χ4v) is 3.07. The molecular formula is C20H32ClNO3. The van der Waals surface area contributed by atoms with Crippen molar-refractivity contribution >= 4 is 18.4 Å². The topological polar surface area (TPSA) is 38.8 Å². The predicted octanol–water partition coefficient (Wildman–Crippen LogP) is 4.19. The van der Waals surface area contributed by atoms with E-state index in [9.17, 15) is 4.79 Å². The third kappa shape index (κ3) is 6.52. The van der Waals surface area contributed by atoms with Crippen LogP contribution < -0.4 is 4.74 Å². The van der Waals surface area contributed by atoms with E-state index in [4.69, 9.17) is 9.47 Å². The minimum Gasteiger partial charge on any atom is -0.492 e. The Morgan fingerprint density at radius 2 is 1.96 bits per heavy atom. The molecule has 1 fully saturated rings. The van der Waals surface area contributed by atoms with E-state index in [2.05, 4.69) is 43.9 Å². The average Bonchev–Trinajstić information content (AvgIpc) is 2.57. The van der Waals surface area contributed by atoms with Crippen LogP contribution in [0.1, 0.15) is 50.7 Å². The number of hydrogen-bond acceptors (Lipinski definition) is 4. The van der Waals surface area contributed by atoms with Crippen molar-refractivity contribution in [3.63, 3.8) is 0 Å². The fraction of sp³-hybridized carbons (Fsp3) is 0.650. The normalized spacial score (nSPS) is 15.7. The van der Waals surface area contributed by atoms with Gasteiger partial charge < -0.3 is 9.47 Å². The zero-order chi connectivity index (χ0) is 17.5. The van der Waals surface area contributed by atoms with E-state index < -0.39 is 0 Å². The molecular weight excluding hydrogens is 338 g/mol. The number of nitrogens with zero attached hydrogens (tertiary/aromatic N) is 1. The minimum atomic E-state index is -0.0328. The van der Waals surface area contributed by atoms with Gasteiger partial charge in [-0.3, -0.25) is 9.69 Å². The summed E-state index contributed by atoms with van der Waals surface area (Å²) in [7, 11) is 0. The van der Waals surface area contributed by atoms with E-state index >= 15 is 0 Å². The van der Waals surface area contributed by atoms with Crippen LogP contribution in [0.2, 0.25) is 0 Å². The highest BCUT2D eigenvalue weighted by atomic mass is 35.5. The Kier molecular flexibility index (Phi) is 9.30. The van der Waals surface area contributed by atoms with Gasteiger partial charge in [-0.1, -0.05) is 26.0 Å². The third-order valence-corrected chi connectivity index (χ3v) is 4.75. The molecule has 0 bridgehead atoms. The summed E-state index contributed by atoms with van der Waals surface area (Å²) < 4.78 is 11.1. The first-order chi connectivity index (χ1) is 11.5. The Morgan fingerprint density at radius 3 is 2.56 bits per heavy atom. The first-order valence-electron chi connectivity index (χ1n) is 9.13. The van der Waals surface area contributed by atoms with Crippen LogP contribution in [-0.2, 0) is 9.53 Å². The summed E-state index contributed by atoms with van der Waals surface area (Å²) in [6.07, 6.45) is 1.78. The molecule has 142 valence electrons. The quantitative estimate of drug-likeness (QED) is 0.675. The summed E-state index contributed by atoms with van der Waals surface area (Å²) in [4.78, 5) is 14.1. The molecule has 0 unspecified atom stereocenters. The molecule has 0 saturated carbocycles. The zero-order valence-corrected chi connectivity index (χ0v) is 16.7. The van der Waals surface area contributed by atoms with Gasteiger partial charge in [-0.2, -0.15) is 0 Å². The number of carbonyl (C=O) groups is 1. The summed E-state index contributed by atoms with van der Waals surface area (Å²) >= 11 is 0. The van der Waals surface area contributed by atoms with Crippen LogP contribution in [0.3, 0.4) is 0 Å². The van der Waals surface area contributed by atoms with Crippen molar-refractivity contribution in [2.24, 2.45) is 5.92 Å². The van der Waals surface area contributed by atoms with Crippen LogP contribution >= 0.6 is 12.4 Å². The number of carbonyl (C=O) groups excluding carboxylic acids is 1. The van der Waals surface area contributed by atoms with E-state index in [0.717, 1.165) is 38.2 Å². The fourth-order valence-electron chi connectivity index (χ4n) is 3.07. The van der Waals surface area contributed by atoms with Gasteiger partial charge in [0.2, 0.25) is 0 Å². The summed E-state index contributed by atoms with van der Waals surface area (Å²) in [6, 6.07) is 6.47. The zero-order valence-electron chi connectivity index (χ0n) is 15.9. The molecule has 1 aliphatic rings. The number of rotatable bonds is 7. The van der Waals surface area contributed by atoms with Crippen molar-refractivity contribution in [2.45, 2.75) is 46.5 Å². The van der Waals surface area contributed by atoms with Crippen molar-refractivity contribution in [2.75, 3.05) is 32.8 Å². The number of esters is 1. The lowest BCUT2D eigenvalue weighted by atomic mass is 9.97. The second-order valence-corrected chi connectivity index (χ2v) is 6.90. The van der Waals surface area contributed by atoms with Crippen LogP contribution in [0.4, 0.5) is 0 Å². The van der Waals surface area contributed by atoms with E-state index in [0.29, 0.717) is 19.1 Å². The van der Waals surface area contributed by atoms with Gasteiger partial charge >= 0.3 is 5.97 Å². The smallest absolute Gasteiger partial charge is 0.309 e. The molecule has 4 nitrogen and oxygen atoms in total. The molecule has 0 N–H and O–H groups in total. The molecule has 0 amide bonds. The van der Waals surface area contributed by atoms with Crippen molar-refractivity contribution < 1.29 is 14.3 Å². The van der Waals surface area contributed by atoms with Gasteiger partial charge in [0.05, 0.1) is 12.5 Å². The van der Waals surface area contributed by atoms with Crippen LogP contribution in [0.15, 0.2) is 18.2 Å². The van der Waals surface area contributed by atoms with E-state index in [1.54, 1.807) is 0 Å².